The van der Waals surface area contributed by atoms with E-state index in [2.05, 4.69) is 53.2 Å². The summed E-state index contributed by atoms with van der Waals surface area (Å²) in [6.07, 6.45) is 2.22. The second kappa shape index (κ2) is 12.1. The van der Waals surface area contributed by atoms with Gasteiger partial charge in [0.05, 0.1) is 30.8 Å². The van der Waals surface area contributed by atoms with Gasteiger partial charge in [-0.05, 0) is 81.0 Å². The maximum atomic E-state index is 6.17. The van der Waals surface area contributed by atoms with E-state index in [0.717, 1.165) is 65.7 Å². The van der Waals surface area contributed by atoms with Gasteiger partial charge in [0.15, 0.2) is 0 Å². The molecule has 1 fully saturated rings. The summed E-state index contributed by atoms with van der Waals surface area (Å²) in [5.74, 6) is 1.73. The minimum absolute atomic E-state index is 0.728. The first-order chi connectivity index (χ1) is 18.2. The zero-order valence-electron chi connectivity index (χ0n) is 21.8. The fourth-order valence-corrected chi connectivity index (χ4v) is 4.70. The topological polar surface area (TPSA) is 42.8 Å². The highest BCUT2D eigenvalue weighted by atomic mass is 16.5. The fraction of sp³-hybridized carbons (Fsp3) is 0.323. The number of piperazine rings is 1. The highest BCUT2D eigenvalue weighted by molar-refractivity contribution is 5.71. The van der Waals surface area contributed by atoms with Crippen molar-refractivity contribution < 1.29 is 9.47 Å². The van der Waals surface area contributed by atoms with Gasteiger partial charge in [-0.2, -0.15) is 5.10 Å². The van der Waals surface area contributed by atoms with Gasteiger partial charge in [0.2, 0.25) is 0 Å². The van der Waals surface area contributed by atoms with Gasteiger partial charge in [0.25, 0.3) is 0 Å². The maximum Gasteiger partial charge on any atom is 0.119 e. The van der Waals surface area contributed by atoms with Crippen molar-refractivity contribution >= 4 is 0 Å². The van der Waals surface area contributed by atoms with E-state index in [1.165, 1.54) is 26.2 Å². The lowest BCUT2D eigenvalue weighted by molar-refractivity contribution is 0.150. The van der Waals surface area contributed by atoms with Crippen molar-refractivity contribution in [3.8, 4) is 39.7 Å². The van der Waals surface area contributed by atoms with Crippen molar-refractivity contribution in [3.63, 3.8) is 0 Å². The van der Waals surface area contributed by atoms with Crippen molar-refractivity contribution in [2.45, 2.75) is 12.8 Å². The second-order valence-electron chi connectivity index (χ2n) is 9.62. The molecule has 0 bridgehead atoms. The summed E-state index contributed by atoms with van der Waals surface area (Å²) < 4.78 is 13.5. The first-order valence-electron chi connectivity index (χ1n) is 13.1. The number of benzene rings is 3. The predicted molar refractivity (Wildman–Crippen MR) is 150 cm³/mol. The third-order valence-electron chi connectivity index (χ3n) is 6.96. The number of para-hydroxylation sites is 1. The van der Waals surface area contributed by atoms with Crippen LogP contribution in [0.3, 0.4) is 0 Å². The summed E-state index contributed by atoms with van der Waals surface area (Å²) in [4.78, 5) is 4.96. The van der Waals surface area contributed by atoms with E-state index >= 15 is 0 Å². The molecule has 6 nitrogen and oxygen atoms in total. The monoisotopic (exact) mass is 496 g/mol. The predicted octanol–water partition coefficient (Wildman–Crippen LogP) is 5.62. The van der Waals surface area contributed by atoms with Crippen LogP contribution in [0.5, 0.6) is 11.5 Å². The van der Waals surface area contributed by atoms with Crippen LogP contribution in [0, 0.1) is 0 Å². The van der Waals surface area contributed by atoms with Crippen LogP contribution in [-0.2, 0) is 0 Å². The molecule has 3 aromatic carbocycles. The Morgan fingerprint density at radius 3 is 2.30 bits per heavy atom. The van der Waals surface area contributed by atoms with Crippen LogP contribution in [-0.4, -0.2) is 73.1 Å². The van der Waals surface area contributed by atoms with Crippen LogP contribution in [0.2, 0.25) is 0 Å². The molecule has 5 rings (SSSR count). The lowest BCUT2D eigenvalue weighted by Gasteiger charge is -2.32. The van der Waals surface area contributed by atoms with Gasteiger partial charge in [0.1, 0.15) is 11.5 Å². The Morgan fingerprint density at radius 2 is 1.54 bits per heavy atom. The molecule has 37 heavy (non-hydrogen) atoms. The third-order valence-corrected chi connectivity index (χ3v) is 6.96. The Hall–Kier alpha value is -3.61. The molecule has 1 aliphatic rings. The van der Waals surface area contributed by atoms with E-state index < -0.39 is 0 Å². The number of hydrogen-bond acceptors (Lipinski definition) is 5. The molecular formula is C31H36N4O2. The first-order valence-corrected chi connectivity index (χ1v) is 13.1. The average molecular weight is 497 g/mol. The van der Waals surface area contributed by atoms with Crippen molar-refractivity contribution in [1.29, 1.82) is 0 Å². The molecule has 1 aromatic heterocycles. The van der Waals surface area contributed by atoms with E-state index in [4.69, 9.17) is 14.6 Å². The number of unbranched alkanes of at least 4 members (excludes halogenated alkanes) is 1. The Kier molecular flexibility index (Phi) is 8.18. The highest BCUT2D eigenvalue weighted by Crippen LogP contribution is 2.31. The van der Waals surface area contributed by atoms with Gasteiger partial charge < -0.3 is 19.3 Å². The summed E-state index contributed by atoms with van der Waals surface area (Å²) in [5.41, 5.74) is 5.08. The summed E-state index contributed by atoms with van der Waals surface area (Å²) in [7, 11) is 3.88. The van der Waals surface area contributed by atoms with Crippen molar-refractivity contribution in [1.82, 2.24) is 19.6 Å². The molecule has 0 spiro atoms. The molecule has 0 saturated carbocycles. The smallest absolute Gasteiger partial charge is 0.119 e. The van der Waals surface area contributed by atoms with Gasteiger partial charge in [-0.3, -0.25) is 0 Å². The molecule has 0 unspecified atom stereocenters. The standard InChI is InChI=1S/C31H36N4O2/c1-33-18-20-34(21-19-33)17-6-7-22-37-29-12-8-9-26(23-29)31-24-30(25-13-15-28(36-2)16-14-25)32-35(31)27-10-4-3-5-11-27/h3-5,8-16,23-24H,6-7,17-22H2,1-2H3. The minimum Gasteiger partial charge on any atom is -0.497 e. The highest BCUT2D eigenvalue weighted by Gasteiger charge is 2.15. The van der Waals surface area contributed by atoms with E-state index in [-0.39, 0.29) is 0 Å². The number of nitrogens with zero attached hydrogens (tertiary/aromatic N) is 4. The molecule has 2 heterocycles. The van der Waals surface area contributed by atoms with E-state index in [1.807, 2.05) is 53.2 Å². The maximum absolute atomic E-state index is 6.17. The lowest BCUT2D eigenvalue weighted by atomic mass is 10.1. The zero-order chi connectivity index (χ0) is 25.5. The van der Waals surface area contributed by atoms with Gasteiger partial charge in [-0.15, -0.1) is 0 Å². The average Bonchev–Trinajstić information content (AvgIpc) is 3.40. The molecule has 1 saturated heterocycles. The van der Waals surface area contributed by atoms with Crippen LogP contribution in [0.4, 0.5) is 0 Å². The van der Waals surface area contributed by atoms with Crippen LogP contribution in [0.1, 0.15) is 12.8 Å². The summed E-state index contributed by atoms with van der Waals surface area (Å²) in [6.45, 7) is 6.57. The van der Waals surface area contributed by atoms with E-state index in [0.29, 0.717) is 0 Å². The van der Waals surface area contributed by atoms with Crippen molar-refractivity contribution in [2.24, 2.45) is 0 Å². The van der Waals surface area contributed by atoms with Crippen molar-refractivity contribution in [2.75, 3.05) is 53.5 Å². The molecule has 0 radical (unpaired) electrons. The number of ether oxygens (including phenoxy) is 2. The van der Waals surface area contributed by atoms with Gasteiger partial charge in [0, 0.05) is 37.3 Å². The van der Waals surface area contributed by atoms with Gasteiger partial charge in [-0.1, -0.05) is 30.3 Å². The zero-order valence-corrected chi connectivity index (χ0v) is 21.8. The Bertz CT molecular complexity index is 1260. The minimum atomic E-state index is 0.728. The molecule has 0 N–H and O–H groups in total. The largest absolute Gasteiger partial charge is 0.497 e. The molecule has 192 valence electrons. The lowest BCUT2D eigenvalue weighted by Crippen LogP contribution is -2.44. The number of hydrogen-bond donors (Lipinski definition) is 0. The van der Waals surface area contributed by atoms with E-state index in [1.54, 1.807) is 7.11 Å². The Morgan fingerprint density at radius 1 is 0.757 bits per heavy atom. The van der Waals surface area contributed by atoms with Crippen LogP contribution in [0.25, 0.3) is 28.2 Å². The first kappa shape index (κ1) is 25.1. The molecule has 0 aliphatic carbocycles. The third kappa shape index (κ3) is 6.40. The number of aromatic nitrogens is 2. The number of methoxy groups -OCH3 is 1. The molecule has 0 atom stereocenters. The van der Waals surface area contributed by atoms with Crippen molar-refractivity contribution in [3.05, 3.63) is 84.9 Å². The molecule has 1 aliphatic heterocycles. The van der Waals surface area contributed by atoms with Crippen LogP contribution in [0.15, 0.2) is 84.9 Å². The quantitative estimate of drug-likeness (QED) is 0.267. The summed E-state index contributed by atoms with van der Waals surface area (Å²) in [5, 5.41) is 4.98. The SMILES string of the molecule is COc1ccc(-c2cc(-c3cccc(OCCCCN4CCN(C)CC4)c3)n(-c3ccccc3)n2)cc1. The van der Waals surface area contributed by atoms with Gasteiger partial charge in [-0.25, -0.2) is 4.68 Å². The summed E-state index contributed by atoms with van der Waals surface area (Å²) >= 11 is 0. The Balaban J connectivity index is 1.29. The molecule has 4 aromatic rings. The summed E-state index contributed by atoms with van der Waals surface area (Å²) in [6, 6.07) is 28.8. The van der Waals surface area contributed by atoms with Crippen LogP contribution < -0.4 is 9.47 Å². The number of rotatable bonds is 10. The van der Waals surface area contributed by atoms with E-state index in [9.17, 15) is 0 Å². The number of likely N-dealkylation sites (N-methyl/N-ethyl adjacent to an activating group) is 1. The molecular weight excluding hydrogens is 460 g/mol. The normalized spacial score (nSPS) is 14.5. The van der Waals surface area contributed by atoms with Crippen LogP contribution >= 0.6 is 0 Å². The fourth-order valence-electron chi connectivity index (χ4n) is 4.70. The Labute approximate surface area is 220 Å². The molecule has 6 heteroatoms. The second-order valence-corrected chi connectivity index (χ2v) is 9.62. The molecule has 0 amide bonds. The van der Waals surface area contributed by atoms with Gasteiger partial charge >= 0.3 is 0 Å².